The predicted molar refractivity (Wildman–Crippen MR) is 58.5 cm³/mol. The number of benzene rings is 1. The molecule has 5 nitrogen and oxygen atoms in total. The summed E-state index contributed by atoms with van der Waals surface area (Å²) in [6, 6.07) is 4.43. The molecule has 0 spiro atoms. The SMILES string of the molecule is O=C(N[C@@H]1CCNC1)c1cccc(O)c1O. The van der Waals surface area contributed by atoms with E-state index in [0.717, 1.165) is 19.5 Å². The van der Waals surface area contributed by atoms with Gasteiger partial charge in [0.25, 0.3) is 5.91 Å². The van der Waals surface area contributed by atoms with Gasteiger partial charge >= 0.3 is 0 Å². The van der Waals surface area contributed by atoms with Gasteiger partial charge in [0.15, 0.2) is 11.5 Å². The monoisotopic (exact) mass is 222 g/mol. The molecule has 1 atom stereocenters. The Labute approximate surface area is 93.1 Å². The van der Waals surface area contributed by atoms with Crippen molar-refractivity contribution in [3.63, 3.8) is 0 Å². The first-order valence-electron chi connectivity index (χ1n) is 5.21. The zero-order chi connectivity index (χ0) is 11.5. The molecule has 0 unspecified atom stereocenters. The largest absolute Gasteiger partial charge is 0.504 e. The second kappa shape index (κ2) is 4.40. The lowest BCUT2D eigenvalue weighted by atomic mass is 10.1. The van der Waals surface area contributed by atoms with Gasteiger partial charge in [0, 0.05) is 12.6 Å². The first-order valence-corrected chi connectivity index (χ1v) is 5.21. The van der Waals surface area contributed by atoms with Crippen molar-refractivity contribution >= 4 is 5.91 Å². The molecule has 0 bridgehead atoms. The minimum atomic E-state index is -0.369. The smallest absolute Gasteiger partial charge is 0.255 e. The van der Waals surface area contributed by atoms with Crippen LogP contribution in [0.15, 0.2) is 18.2 Å². The van der Waals surface area contributed by atoms with Crippen LogP contribution in [0.5, 0.6) is 11.5 Å². The Bertz CT molecular complexity index is 400. The first-order chi connectivity index (χ1) is 7.68. The number of phenolic OH excluding ortho intramolecular Hbond substituents is 2. The van der Waals surface area contributed by atoms with Crippen LogP contribution in [0, 0.1) is 0 Å². The van der Waals surface area contributed by atoms with Gasteiger partial charge in [-0.15, -0.1) is 0 Å². The van der Waals surface area contributed by atoms with Gasteiger partial charge in [0.05, 0.1) is 5.56 Å². The lowest BCUT2D eigenvalue weighted by Gasteiger charge is -2.12. The van der Waals surface area contributed by atoms with Crippen LogP contribution in [0.4, 0.5) is 0 Å². The zero-order valence-corrected chi connectivity index (χ0v) is 8.73. The summed E-state index contributed by atoms with van der Waals surface area (Å²) >= 11 is 0. The maximum atomic E-state index is 11.8. The Morgan fingerprint density at radius 1 is 1.44 bits per heavy atom. The first kappa shape index (κ1) is 10.8. The molecular formula is C11H14N2O3. The molecule has 1 aromatic rings. The number of para-hydroxylation sites is 1. The van der Waals surface area contributed by atoms with Crippen molar-refractivity contribution < 1.29 is 15.0 Å². The third-order valence-corrected chi connectivity index (χ3v) is 2.65. The summed E-state index contributed by atoms with van der Waals surface area (Å²) in [5.74, 6) is -1.01. The average Bonchev–Trinajstić information content (AvgIpc) is 2.74. The van der Waals surface area contributed by atoms with E-state index in [0.29, 0.717) is 0 Å². The van der Waals surface area contributed by atoms with E-state index in [4.69, 9.17) is 0 Å². The Balaban J connectivity index is 2.11. The highest BCUT2D eigenvalue weighted by molar-refractivity contribution is 5.97. The van der Waals surface area contributed by atoms with Gasteiger partial charge in [0.2, 0.25) is 0 Å². The van der Waals surface area contributed by atoms with Crippen molar-refractivity contribution in [3.8, 4) is 11.5 Å². The van der Waals surface area contributed by atoms with Gasteiger partial charge in [-0.25, -0.2) is 0 Å². The molecule has 1 saturated heterocycles. The van der Waals surface area contributed by atoms with Gasteiger partial charge in [-0.05, 0) is 25.1 Å². The molecule has 4 N–H and O–H groups in total. The predicted octanol–water partition coefficient (Wildman–Crippen LogP) is 0.189. The van der Waals surface area contributed by atoms with E-state index in [1.54, 1.807) is 0 Å². The minimum Gasteiger partial charge on any atom is -0.504 e. The van der Waals surface area contributed by atoms with Crippen molar-refractivity contribution in [2.24, 2.45) is 0 Å². The Morgan fingerprint density at radius 2 is 2.25 bits per heavy atom. The molecule has 2 rings (SSSR count). The van der Waals surface area contributed by atoms with Crippen molar-refractivity contribution in [2.45, 2.75) is 12.5 Å². The number of aromatic hydroxyl groups is 2. The summed E-state index contributed by atoms with van der Waals surface area (Å²) in [6.07, 6.45) is 0.880. The molecule has 5 heteroatoms. The van der Waals surface area contributed by atoms with Crippen molar-refractivity contribution in [2.75, 3.05) is 13.1 Å². The number of hydrogen-bond donors (Lipinski definition) is 4. The molecule has 86 valence electrons. The zero-order valence-electron chi connectivity index (χ0n) is 8.73. The van der Waals surface area contributed by atoms with Crippen molar-refractivity contribution in [1.29, 1.82) is 0 Å². The molecule has 0 aliphatic carbocycles. The van der Waals surface area contributed by atoms with E-state index < -0.39 is 0 Å². The lowest BCUT2D eigenvalue weighted by Crippen LogP contribution is -2.36. The normalized spacial score (nSPS) is 19.6. The number of rotatable bonds is 2. The van der Waals surface area contributed by atoms with Gasteiger partial charge in [-0.1, -0.05) is 6.07 Å². The lowest BCUT2D eigenvalue weighted by molar-refractivity contribution is 0.0936. The molecule has 1 fully saturated rings. The number of carbonyl (C=O) groups excluding carboxylic acids is 1. The summed E-state index contributed by atoms with van der Waals surface area (Å²) in [5, 5.41) is 24.7. The molecule has 1 aliphatic rings. The maximum absolute atomic E-state index is 11.8. The third kappa shape index (κ3) is 2.09. The fourth-order valence-corrected chi connectivity index (χ4v) is 1.76. The van der Waals surface area contributed by atoms with E-state index in [1.807, 2.05) is 0 Å². The van der Waals surface area contributed by atoms with E-state index in [2.05, 4.69) is 10.6 Å². The van der Waals surface area contributed by atoms with Crippen LogP contribution in [0.25, 0.3) is 0 Å². The molecule has 1 amide bonds. The topological polar surface area (TPSA) is 81.6 Å². The van der Waals surface area contributed by atoms with Crippen LogP contribution in [0.2, 0.25) is 0 Å². The van der Waals surface area contributed by atoms with Crippen molar-refractivity contribution in [3.05, 3.63) is 23.8 Å². The van der Waals surface area contributed by atoms with Gasteiger partial charge in [-0.2, -0.15) is 0 Å². The highest BCUT2D eigenvalue weighted by Crippen LogP contribution is 2.28. The molecule has 0 radical (unpaired) electrons. The average molecular weight is 222 g/mol. The van der Waals surface area contributed by atoms with Crippen LogP contribution >= 0.6 is 0 Å². The number of amides is 1. The van der Waals surface area contributed by atoms with Gasteiger partial charge in [0.1, 0.15) is 0 Å². The standard InChI is InChI=1S/C11H14N2O3/c14-9-3-1-2-8(10(9)15)11(16)13-7-4-5-12-6-7/h1-3,7,12,14-15H,4-6H2,(H,13,16)/t7-/m1/s1. The van der Waals surface area contributed by atoms with E-state index in [1.165, 1.54) is 18.2 Å². The van der Waals surface area contributed by atoms with Crippen LogP contribution < -0.4 is 10.6 Å². The van der Waals surface area contributed by atoms with Gasteiger partial charge in [-0.3, -0.25) is 4.79 Å². The molecule has 1 aliphatic heterocycles. The van der Waals surface area contributed by atoms with Crippen LogP contribution in [-0.2, 0) is 0 Å². The Kier molecular flexibility index (Phi) is 2.96. The van der Waals surface area contributed by atoms with Crippen LogP contribution in [0.1, 0.15) is 16.8 Å². The summed E-state index contributed by atoms with van der Waals surface area (Å²) in [4.78, 5) is 11.8. The van der Waals surface area contributed by atoms with E-state index in [-0.39, 0.29) is 29.0 Å². The Morgan fingerprint density at radius 3 is 2.94 bits per heavy atom. The fraction of sp³-hybridized carbons (Fsp3) is 0.364. The summed E-state index contributed by atoms with van der Waals surface area (Å²) < 4.78 is 0. The number of phenols is 2. The molecular weight excluding hydrogens is 208 g/mol. The minimum absolute atomic E-state index is 0.0919. The highest BCUT2D eigenvalue weighted by atomic mass is 16.3. The van der Waals surface area contributed by atoms with Crippen LogP contribution in [-0.4, -0.2) is 35.3 Å². The summed E-state index contributed by atoms with van der Waals surface area (Å²) in [6.45, 7) is 1.63. The van der Waals surface area contributed by atoms with Gasteiger partial charge < -0.3 is 20.8 Å². The van der Waals surface area contributed by atoms with Crippen LogP contribution in [0.3, 0.4) is 0 Å². The van der Waals surface area contributed by atoms with Crippen molar-refractivity contribution in [1.82, 2.24) is 10.6 Å². The maximum Gasteiger partial charge on any atom is 0.255 e. The molecule has 1 heterocycles. The molecule has 0 saturated carbocycles. The summed E-state index contributed by atoms with van der Waals surface area (Å²) in [5.41, 5.74) is 0.104. The molecule has 1 aromatic carbocycles. The second-order valence-corrected chi connectivity index (χ2v) is 3.84. The Hall–Kier alpha value is -1.75. The number of nitrogens with one attached hydrogen (secondary N) is 2. The van der Waals surface area contributed by atoms with E-state index >= 15 is 0 Å². The number of hydrogen-bond acceptors (Lipinski definition) is 4. The molecule has 0 aromatic heterocycles. The fourth-order valence-electron chi connectivity index (χ4n) is 1.76. The third-order valence-electron chi connectivity index (χ3n) is 2.65. The van der Waals surface area contributed by atoms with E-state index in [9.17, 15) is 15.0 Å². The summed E-state index contributed by atoms with van der Waals surface area (Å²) in [7, 11) is 0. The number of carbonyl (C=O) groups is 1. The highest BCUT2D eigenvalue weighted by Gasteiger charge is 2.20. The molecule has 16 heavy (non-hydrogen) atoms. The second-order valence-electron chi connectivity index (χ2n) is 3.84. The quantitative estimate of drug-likeness (QED) is 0.538.